The number of amides is 1. The Kier molecular flexibility index (Phi) is 5.54. The van der Waals surface area contributed by atoms with Gasteiger partial charge in [0.05, 0.1) is 0 Å². The highest BCUT2D eigenvalue weighted by Crippen LogP contribution is 2.27. The van der Waals surface area contributed by atoms with E-state index in [1.165, 1.54) is 6.07 Å². The number of likely N-dealkylation sites (tertiary alicyclic amines) is 1. The van der Waals surface area contributed by atoms with E-state index in [1.807, 2.05) is 7.05 Å². The standard InChI is InChI=1S/C18H22N4O5S/c1-20-14-5-8-21(9-6-14)17(23)13-4-2-3-12(11-13)15-7-10-22(28(19,26)27)16(15)18(24)25/h2-4,7,10-11,14,20H,5-6,8-9H2,1H3,(H,24,25)(H2,19,26,27). The highest BCUT2D eigenvalue weighted by Gasteiger charge is 2.25. The predicted molar refractivity (Wildman–Crippen MR) is 103 cm³/mol. The van der Waals surface area contributed by atoms with Crippen molar-refractivity contribution in [1.82, 2.24) is 14.2 Å². The van der Waals surface area contributed by atoms with Crippen LogP contribution in [-0.2, 0) is 10.2 Å². The molecule has 4 N–H and O–H groups in total. The molecule has 3 rings (SSSR count). The number of hydrogen-bond donors (Lipinski definition) is 3. The van der Waals surface area contributed by atoms with Gasteiger partial charge in [0.15, 0.2) is 5.69 Å². The molecule has 1 aliphatic heterocycles. The molecule has 1 saturated heterocycles. The molecule has 1 aromatic carbocycles. The Morgan fingerprint density at radius 1 is 1.21 bits per heavy atom. The van der Waals surface area contributed by atoms with Crippen LogP contribution in [0.2, 0.25) is 0 Å². The average Bonchev–Trinajstić information content (AvgIpc) is 3.14. The minimum atomic E-state index is -4.26. The number of nitrogens with zero attached hydrogens (tertiary/aromatic N) is 2. The van der Waals surface area contributed by atoms with Crippen LogP contribution in [0.25, 0.3) is 11.1 Å². The van der Waals surface area contributed by atoms with Crippen molar-refractivity contribution in [2.24, 2.45) is 5.14 Å². The topological polar surface area (TPSA) is 135 Å². The zero-order valence-corrected chi connectivity index (χ0v) is 16.1. The molecule has 1 aliphatic rings. The van der Waals surface area contributed by atoms with Gasteiger partial charge in [-0.25, -0.2) is 13.9 Å². The predicted octanol–water partition coefficient (Wildman–Crippen LogP) is 0.729. The molecule has 0 bridgehead atoms. The maximum absolute atomic E-state index is 12.8. The quantitative estimate of drug-likeness (QED) is 0.670. The van der Waals surface area contributed by atoms with Crippen LogP contribution in [0, 0.1) is 0 Å². The molecule has 0 unspecified atom stereocenters. The van der Waals surface area contributed by atoms with Crippen molar-refractivity contribution < 1.29 is 23.1 Å². The maximum atomic E-state index is 12.8. The Balaban J connectivity index is 1.94. The summed E-state index contributed by atoms with van der Waals surface area (Å²) in [5.41, 5.74) is 0.544. The normalized spacial score (nSPS) is 15.6. The number of aromatic carboxylic acids is 1. The van der Waals surface area contributed by atoms with Crippen LogP contribution in [0.5, 0.6) is 0 Å². The molecule has 2 heterocycles. The monoisotopic (exact) mass is 406 g/mol. The molecule has 1 aromatic heterocycles. The highest BCUT2D eigenvalue weighted by atomic mass is 32.2. The van der Waals surface area contributed by atoms with Crippen molar-refractivity contribution in [3.8, 4) is 11.1 Å². The number of aromatic nitrogens is 1. The number of hydrogen-bond acceptors (Lipinski definition) is 5. The molecule has 28 heavy (non-hydrogen) atoms. The van der Waals surface area contributed by atoms with Crippen molar-refractivity contribution in [2.75, 3.05) is 20.1 Å². The summed E-state index contributed by atoms with van der Waals surface area (Å²) in [6, 6.07) is 8.25. The van der Waals surface area contributed by atoms with Gasteiger partial charge in [0.25, 0.3) is 5.91 Å². The van der Waals surface area contributed by atoms with Gasteiger partial charge in [-0.2, -0.15) is 8.42 Å². The first-order valence-electron chi connectivity index (χ1n) is 8.77. The van der Waals surface area contributed by atoms with Crippen LogP contribution in [0.4, 0.5) is 0 Å². The third-order valence-corrected chi connectivity index (χ3v) is 5.79. The van der Waals surface area contributed by atoms with E-state index in [9.17, 15) is 23.1 Å². The zero-order chi connectivity index (χ0) is 20.5. The Morgan fingerprint density at radius 2 is 1.89 bits per heavy atom. The van der Waals surface area contributed by atoms with Crippen molar-refractivity contribution in [2.45, 2.75) is 18.9 Å². The summed E-state index contributed by atoms with van der Waals surface area (Å²) in [5.74, 6) is -1.57. The largest absolute Gasteiger partial charge is 0.477 e. The summed E-state index contributed by atoms with van der Waals surface area (Å²) < 4.78 is 23.8. The van der Waals surface area contributed by atoms with Gasteiger partial charge in [0.1, 0.15) is 0 Å². The van der Waals surface area contributed by atoms with Crippen LogP contribution in [0.3, 0.4) is 0 Å². The van der Waals surface area contributed by atoms with Crippen LogP contribution < -0.4 is 10.5 Å². The SMILES string of the molecule is CNC1CCN(C(=O)c2cccc(-c3ccn(S(N)(=O)=O)c3C(=O)O)c2)CC1. The summed E-state index contributed by atoms with van der Waals surface area (Å²) in [6.45, 7) is 1.27. The van der Waals surface area contributed by atoms with Crippen molar-refractivity contribution in [3.63, 3.8) is 0 Å². The van der Waals surface area contributed by atoms with Gasteiger partial charge in [0, 0.05) is 36.5 Å². The molecular weight excluding hydrogens is 384 g/mol. The highest BCUT2D eigenvalue weighted by molar-refractivity contribution is 7.87. The molecule has 0 spiro atoms. The second-order valence-electron chi connectivity index (χ2n) is 6.66. The fraction of sp³-hybridized carbons (Fsp3) is 0.333. The van der Waals surface area contributed by atoms with Gasteiger partial charge in [-0.05, 0) is 43.7 Å². The van der Waals surface area contributed by atoms with E-state index in [4.69, 9.17) is 5.14 Å². The number of rotatable bonds is 5. The van der Waals surface area contributed by atoms with E-state index in [2.05, 4.69) is 5.32 Å². The molecule has 0 saturated carbocycles. The summed E-state index contributed by atoms with van der Waals surface area (Å²) >= 11 is 0. The summed E-state index contributed by atoms with van der Waals surface area (Å²) in [6.07, 6.45) is 2.82. The minimum Gasteiger partial charge on any atom is -0.477 e. The smallest absolute Gasteiger partial charge is 0.354 e. The lowest BCUT2D eigenvalue weighted by molar-refractivity contribution is 0.0687. The Labute approximate surface area is 162 Å². The van der Waals surface area contributed by atoms with Gasteiger partial charge >= 0.3 is 16.2 Å². The maximum Gasteiger partial charge on any atom is 0.354 e. The molecule has 10 heteroatoms. The van der Waals surface area contributed by atoms with Crippen LogP contribution in [0.15, 0.2) is 36.5 Å². The molecule has 9 nitrogen and oxygen atoms in total. The summed E-state index contributed by atoms with van der Waals surface area (Å²) in [7, 11) is -2.36. The molecule has 1 amide bonds. The lowest BCUT2D eigenvalue weighted by Crippen LogP contribution is -2.43. The number of carboxylic acid groups (broad SMARTS) is 1. The Bertz CT molecular complexity index is 1010. The van der Waals surface area contributed by atoms with E-state index in [0.29, 0.717) is 34.2 Å². The molecular formula is C18H22N4O5S. The molecule has 1 fully saturated rings. The fourth-order valence-corrected chi connectivity index (χ4v) is 4.10. The van der Waals surface area contributed by atoms with Crippen molar-refractivity contribution in [1.29, 1.82) is 0 Å². The number of carbonyl (C=O) groups excluding carboxylic acids is 1. The van der Waals surface area contributed by atoms with Gasteiger partial charge in [0.2, 0.25) is 0 Å². The molecule has 2 aromatic rings. The number of nitrogens with one attached hydrogen (secondary N) is 1. The molecule has 150 valence electrons. The van der Waals surface area contributed by atoms with Gasteiger partial charge in [-0.15, -0.1) is 0 Å². The first-order valence-corrected chi connectivity index (χ1v) is 10.3. The minimum absolute atomic E-state index is 0.140. The molecule has 0 radical (unpaired) electrons. The second kappa shape index (κ2) is 7.74. The first kappa shape index (κ1) is 20.1. The van der Waals surface area contributed by atoms with Crippen molar-refractivity contribution >= 4 is 22.1 Å². The number of carbonyl (C=O) groups is 2. The molecule has 0 atom stereocenters. The Morgan fingerprint density at radius 3 is 2.46 bits per heavy atom. The average molecular weight is 406 g/mol. The van der Waals surface area contributed by atoms with Gasteiger partial charge < -0.3 is 15.3 Å². The van der Waals surface area contributed by atoms with Crippen LogP contribution >= 0.6 is 0 Å². The lowest BCUT2D eigenvalue weighted by Gasteiger charge is -2.32. The van der Waals surface area contributed by atoms with E-state index in [0.717, 1.165) is 19.0 Å². The third-order valence-electron chi connectivity index (χ3n) is 4.94. The van der Waals surface area contributed by atoms with Crippen molar-refractivity contribution in [3.05, 3.63) is 47.8 Å². The Hall–Kier alpha value is -2.69. The van der Waals surface area contributed by atoms with E-state index >= 15 is 0 Å². The molecule has 0 aliphatic carbocycles. The number of piperidine rings is 1. The second-order valence-corrected chi connectivity index (χ2v) is 8.08. The van der Waals surface area contributed by atoms with Crippen LogP contribution in [-0.4, -0.2) is 60.5 Å². The fourth-order valence-electron chi connectivity index (χ4n) is 3.44. The van der Waals surface area contributed by atoms with E-state index in [-0.39, 0.29) is 11.5 Å². The first-order chi connectivity index (χ1) is 13.2. The number of carboxylic acids is 1. The number of nitrogens with two attached hydrogens (primary N) is 1. The summed E-state index contributed by atoms with van der Waals surface area (Å²) in [5, 5.41) is 17.8. The van der Waals surface area contributed by atoms with Gasteiger partial charge in [-0.3, -0.25) is 4.79 Å². The zero-order valence-electron chi connectivity index (χ0n) is 15.3. The van der Waals surface area contributed by atoms with E-state index < -0.39 is 21.9 Å². The third kappa shape index (κ3) is 3.93. The van der Waals surface area contributed by atoms with Gasteiger partial charge in [-0.1, -0.05) is 12.1 Å². The van der Waals surface area contributed by atoms with E-state index in [1.54, 1.807) is 29.2 Å². The summed E-state index contributed by atoms with van der Waals surface area (Å²) in [4.78, 5) is 26.2. The lowest BCUT2D eigenvalue weighted by atomic mass is 10.0. The number of benzene rings is 1. The van der Waals surface area contributed by atoms with Crippen LogP contribution in [0.1, 0.15) is 33.7 Å².